The van der Waals surface area contributed by atoms with Crippen LogP contribution in [0, 0.1) is 0 Å². The number of nitrogens with two attached hydrogens (primary N) is 1. The fraction of sp³-hybridized carbons (Fsp3) is 0.214. The van der Waals surface area contributed by atoms with Crippen LogP contribution in [0.2, 0.25) is 0 Å². The van der Waals surface area contributed by atoms with Crippen molar-refractivity contribution in [2.45, 2.75) is 19.0 Å². The van der Waals surface area contributed by atoms with Gasteiger partial charge in [-0.15, -0.1) is 0 Å². The van der Waals surface area contributed by atoms with E-state index in [1.54, 1.807) is 31.2 Å². The summed E-state index contributed by atoms with van der Waals surface area (Å²) in [6.45, 7) is 1.74. The van der Waals surface area contributed by atoms with Crippen molar-refractivity contribution in [3.8, 4) is 0 Å². The molecule has 0 fully saturated rings. The van der Waals surface area contributed by atoms with E-state index in [-0.39, 0.29) is 5.92 Å². The number of carbonyl (C=O) groups is 1. The Balaban J connectivity index is 2.37. The van der Waals surface area contributed by atoms with Crippen molar-refractivity contribution < 1.29 is 18.0 Å². The van der Waals surface area contributed by atoms with Gasteiger partial charge in [-0.05, 0) is 17.2 Å². The highest BCUT2D eigenvalue weighted by Gasteiger charge is 2.34. The molecule has 0 spiro atoms. The van der Waals surface area contributed by atoms with Gasteiger partial charge < -0.3 is 5.73 Å². The highest BCUT2D eigenvalue weighted by molar-refractivity contribution is 5.94. The van der Waals surface area contributed by atoms with E-state index in [4.69, 9.17) is 5.73 Å². The third-order valence-electron chi connectivity index (χ3n) is 3.12. The number of nitrogens with zero attached hydrogens (tertiary/aromatic N) is 2. The Bertz CT molecular complexity index is 653. The maximum Gasteiger partial charge on any atom is 0.451 e. The van der Waals surface area contributed by atoms with Gasteiger partial charge in [0.2, 0.25) is 11.7 Å². The van der Waals surface area contributed by atoms with Crippen LogP contribution < -0.4 is 5.73 Å². The summed E-state index contributed by atoms with van der Waals surface area (Å²) in [7, 11) is 0. The van der Waals surface area contributed by atoms with Crippen molar-refractivity contribution in [2.75, 3.05) is 0 Å². The molecule has 2 rings (SSSR count). The van der Waals surface area contributed by atoms with Gasteiger partial charge in [0.05, 0.1) is 0 Å². The summed E-state index contributed by atoms with van der Waals surface area (Å²) in [6, 6.07) is 6.66. The van der Waals surface area contributed by atoms with Crippen LogP contribution in [-0.4, -0.2) is 15.9 Å². The number of rotatable bonds is 3. The molecule has 1 aromatic heterocycles. The minimum Gasteiger partial charge on any atom is -0.366 e. The number of benzene rings is 1. The molecule has 0 bridgehead atoms. The van der Waals surface area contributed by atoms with E-state index in [1.165, 1.54) is 0 Å². The molecule has 0 aliphatic rings. The summed E-state index contributed by atoms with van der Waals surface area (Å²) in [6.07, 6.45) is -2.36. The van der Waals surface area contributed by atoms with Gasteiger partial charge in [0, 0.05) is 23.9 Å². The van der Waals surface area contributed by atoms with E-state index >= 15 is 0 Å². The van der Waals surface area contributed by atoms with Crippen LogP contribution in [0.25, 0.3) is 0 Å². The first kappa shape index (κ1) is 15.0. The number of hydrogen-bond acceptors (Lipinski definition) is 3. The molecule has 0 saturated heterocycles. The van der Waals surface area contributed by atoms with Gasteiger partial charge in [0.15, 0.2) is 0 Å². The lowest BCUT2D eigenvalue weighted by Gasteiger charge is -2.15. The molecular formula is C14H12F3N3O. The van der Waals surface area contributed by atoms with Crippen LogP contribution in [0.5, 0.6) is 0 Å². The second kappa shape index (κ2) is 5.51. The van der Waals surface area contributed by atoms with Crippen LogP contribution in [0.3, 0.4) is 0 Å². The fourth-order valence-electron chi connectivity index (χ4n) is 1.99. The third kappa shape index (κ3) is 3.18. The van der Waals surface area contributed by atoms with Crippen LogP contribution in [0.4, 0.5) is 13.2 Å². The second-order valence-corrected chi connectivity index (χ2v) is 4.51. The molecule has 0 radical (unpaired) electrons. The molecule has 2 aromatic rings. The zero-order chi connectivity index (χ0) is 15.6. The molecule has 4 nitrogen and oxygen atoms in total. The Morgan fingerprint density at radius 2 is 1.76 bits per heavy atom. The number of primary amides is 1. The molecule has 0 aliphatic heterocycles. The van der Waals surface area contributed by atoms with E-state index in [2.05, 4.69) is 9.97 Å². The van der Waals surface area contributed by atoms with Gasteiger partial charge in [-0.1, -0.05) is 25.1 Å². The molecule has 0 unspecified atom stereocenters. The average molecular weight is 295 g/mol. The van der Waals surface area contributed by atoms with Crippen LogP contribution in [0.15, 0.2) is 36.7 Å². The number of aromatic nitrogens is 2. The van der Waals surface area contributed by atoms with Crippen molar-refractivity contribution >= 4 is 5.91 Å². The number of hydrogen-bond donors (Lipinski definition) is 1. The number of amides is 1. The first-order chi connectivity index (χ1) is 9.80. The lowest BCUT2D eigenvalue weighted by molar-refractivity contribution is -0.145. The summed E-state index contributed by atoms with van der Waals surface area (Å²) in [5, 5.41) is 0. The molecule has 1 heterocycles. The van der Waals surface area contributed by atoms with E-state index in [9.17, 15) is 18.0 Å². The standard InChI is InChI=1S/C14H12F3N3O/c1-8(10-4-2-3-5-11(10)12(18)21)9-6-19-13(20-7-9)14(15,16)17/h2-8H,1H3,(H2,18,21)/t8-/m1/s1. The Labute approximate surface area is 118 Å². The maximum atomic E-state index is 12.4. The molecule has 2 N–H and O–H groups in total. The van der Waals surface area contributed by atoms with E-state index < -0.39 is 17.9 Å². The van der Waals surface area contributed by atoms with E-state index in [1.807, 2.05) is 0 Å². The van der Waals surface area contributed by atoms with Crippen molar-refractivity contribution in [2.24, 2.45) is 5.73 Å². The SMILES string of the molecule is C[C@H](c1cnc(C(F)(F)F)nc1)c1ccccc1C(N)=O. The van der Waals surface area contributed by atoms with Crippen LogP contribution in [-0.2, 0) is 6.18 Å². The van der Waals surface area contributed by atoms with Crippen molar-refractivity contribution in [1.82, 2.24) is 9.97 Å². The molecule has 1 amide bonds. The molecule has 7 heteroatoms. The quantitative estimate of drug-likeness (QED) is 0.946. The molecule has 1 aromatic carbocycles. The first-order valence-electron chi connectivity index (χ1n) is 6.08. The lowest BCUT2D eigenvalue weighted by Crippen LogP contribution is -2.16. The molecular weight excluding hydrogens is 283 g/mol. The molecule has 21 heavy (non-hydrogen) atoms. The monoisotopic (exact) mass is 295 g/mol. The minimum atomic E-state index is -4.58. The van der Waals surface area contributed by atoms with E-state index in [0.717, 1.165) is 12.4 Å². The van der Waals surface area contributed by atoms with E-state index in [0.29, 0.717) is 16.7 Å². The normalized spacial score (nSPS) is 13.0. The summed E-state index contributed by atoms with van der Waals surface area (Å²) in [4.78, 5) is 18.0. The summed E-state index contributed by atoms with van der Waals surface area (Å²) < 4.78 is 37.3. The predicted octanol–water partition coefficient (Wildman–Crippen LogP) is 2.75. The molecule has 0 aliphatic carbocycles. The van der Waals surface area contributed by atoms with Gasteiger partial charge in [0.25, 0.3) is 0 Å². The van der Waals surface area contributed by atoms with Crippen molar-refractivity contribution in [3.63, 3.8) is 0 Å². The number of alkyl halides is 3. The minimum absolute atomic E-state index is 0.324. The van der Waals surface area contributed by atoms with Gasteiger partial charge in [0.1, 0.15) is 0 Å². The average Bonchev–Trinajstić information content (AvgIpc) is 2.45. The predicted molar refractivity (Wildman–Crippen MR) is 69.5 cm³/mol. The summed E-state index contributed by atoms with van der Waals surface area (Å²) in [5.41, 5.74) is 6.70. The number of halogens is 3. The second-order valence-electron chi connectivity index (χ2n) is 4.51. The Kier molecular flexibility index (Phi) is 3.93. The molecule has 0 saturated carbocycles. The summed E-state index contributed by atoms with van der Waals surface area (Å²) >= 11 is 0. The molecule has 110 valence electrons. The van der Waals surface area contributed by atoms with Gasteiger partial charge >= 0.3 is 6.18 Å². The van der Waals surface area contributed by atoms with Gasteiger partial charge in [-0.3, -0.25) is 4.79 Å². The maximum absolute atomic E-state index is 12.4. The van der Waals surface area contributed by atoms with Gasteiger partial charge in [-0.25, -0.2) is 9.97 Å². The van der Waals surface area contributed by atoms with Crippen molar-refractivity contribution in [3.05, 3.63) is 59.2 Å². The highest BCUT2D eigenvalue weighted by Crippen LogP contribution is 2.29. The third-order valence-corrected chi connectivity index (χ3v) is 3.12. The topological polar surface area (TPSA) is 68.9 Å². The smallest absolute Gasteiger partial charge is 0.366 e. The lowest BCUT2D eigenvalue weighted by atomic mass is 9.91. The Morgan fingerprint density at radius 1 is 1.19 bits per heavy atom. The zero-order valence-corrected chi connectivity index (χ0v) is 11.1. The zero-order valence-electron chi connectivity index (χ0n) is 11.1. The van der Waals surface area contributed by atoms with Crippen LogP contribution in [0.1, 0.15) is 40.2 Å². The Hall–Kier alpha value is -2.44. The largest absolute Gasteiger partial charge is 0.451 e. The highest BCUT2D eigenvalue weighted by atomic mass is 19.4. The van der Waals surface area contributed by atoms with Crippen molar-refractivity contribution in [1.29, 1.82) is 0 Å². The number of carbonyl (C=O) groups excluding carboxylic acids is 1. The van der Waals surface area contributed by atoms with Crippen LogP contribution >= 0.6 is 0 Å². The molecule has 1 atom stereocenters. The fourth-order valence-corrected chi connectivity index (χ4v) is 1.99. The summed E-state index contributed by atoms with van der Waals surface area (Å²) in [5.74, 6) is -2.14. The first-order valence-corrected chi connectivity index (χ1v) is 6.08. The Morgan fingerprint density at radius 3 is 2.29 bits per heavy atom. The van der Waals surface area contributed by atoms with Gasteiger partial charge in [-0.2, -0.15) is 13.2 Å².